The molecule has 1 N–H and O–H groups in total. The Bertz CT molecular complexity index is 372. The Morgan fingerprint density at radius 1 is 1.30 bits per heavy atom. The molecule has 1 atom stereocenters. The molecular weight excluding hydrogens is 266 g/mol. The van der Waals surface area contributed by atoms with E-state index in [9.17, 15) is 0 Å². The fourth-order valence-electron chi connectivity index (χ4n) is 2.57. The van der Waals surface area contributed by atoms with Crippen LogP contribution in [0.2, 0.25) is 0 Å². The third kappa shape index (κ3) is 4.38. The van der Waals surface area contributed by atoms with E-state index in [1.165, 1.54) is 42.3 Å². The van der Waals surface area contributed by atoms with Crippen LogP contribution >= 0.6 is 11.8 Å². The lowest BCUT2D eigenvalue weighted by Crippen LogP contribution is -2.26. The molecule has 0 bridgehead atoms. The Morgan fingerprint density at radius 3 is 2.90 bits per heavy atom. The van der Waals surface area contributed by atoms with E-state index >= 15 is 0 Å². The van der Waals surface area contributed by atoms with Gasteiger partial charge in [0.15, 0.2) is 0 Å². The highest BCUT2D eigenvalue weighted by Gasteiger charge is 2.13. The molecule has 1 aromatic heterocycles. The van der Waals surface area contributed by atoms with Crippen LogP contribution in [0.15, 0.2) is 18.3 Å². The quantitative estimate of drug-likeness (QED) is 0.869. The molecule has 2 heterocycles. The van der Waals surface area contributed by atoms with Gasteiger partial charge < -0.3 is 10.2 Å². The van der Waals surface area contributed by atoms with Crippen LogP contribution in [0.5, 0.6) is 0 Å². The molecule has 1 fully saturated rings. The van der Waals surface area contributed by atoms with Gasteiger partial charge in [-0.05, 0) is 43.7 Å². The van der Waals surface area contributed by atoms with Gasteiger partial charge in [-0.25, -0.2) is 0 Å². The van der Waals surface area contributed by atoms with Crippen molar-refractivity contribution in [3.05, 3.63) is 24.0 Å². The molecule has 20 heavy (non-hydrogen) atoms. The van der Waals surface area contributed by atoms with Gasteiger partial charge in [0.2, 0.25) is 0 Å². The zero-order valence-corrected chi connectivity index (χ0v) is 13.6. The highest BCUT2D eigenvalue weighted by Crippen LogP contribution is 2.21. The molecule has 0 spiro atoms. The van der Waals surface area contributed by atoms with E-state index < -0.39 is 0 Å². The van der Waals surface area contributed by atoms with Gasteiger partial charge in [0.05, 0.1) is 17.6 Å². The largest absolute Gasteiger partial charge is 0.369 e. The molecular formula is C16H27N3S. The molecule has 1 aliphatic rings. The van der Waals surface area contributed by atoms with Gasteiger partial charge >= 0.3 is 0 Å². The molecule has 1 saturated heterocycles. The first-order chi connectivity index (χ1) is 9.85. The summed E-state index contributed by atoms with van der Waals surface area (Å²) in [5.74, 6) is 2.53. The predicted molar refractivity (Wildman–Crippen MR) is 89.7 cm³/mol. The summed E-state index contributed by atoms with van der Waals surface area (Å²) in [6.07, 6.45) is 5.59. The molecule has 4 heteroatoms. The van der Waals surface area contributed by atoms with Crippen molar-refractivity contribution in [1.82, 2.24) is 10.3 Å². The highest BCUT2D eigenvalue weighted by molar-refractivity contribution is 7.99. The second kappa shape index (κ2) is 8.53. The average Bonchev–Trinajstić information content (AvgIpc) is 2.78. The first-order valence-electron chi connectivity index (χ1n) is 7.87. The van der Waals surface area contributed by atoms with Crippen molar-refractivity contribution in [3.8, 4) is 0 Å². The molecule has 0 aromatic carbocycles. The number of hydrogen-bond donors (Lipinski definition) is 1. The minimum Gasteiger partial charge on any atom is -0.369 e. The summed E-state index contributed by atoms with van der Waals surface area (Å²) < 4.78 is 0. The Labute approximate surface area is 127 Å². The number of anilines is 1. The maximum absolute atomic E-state index is 4.70. The lowest BCUT2D eigenvalue weighted by Gasteiger charge is -2.23. The monoisotopic (exact) mass is 293 g/mol. The van der Waals surface area contributed by atoms with Crippen LogP contribution in [0, 0.1) is 0 Å². The standard InChI is InChI=1S/C16H27N3S/c1-3-8-17-15(4-2)16-7-6-14(13-18-16)19-9-5-11-20-12-10-19/h6-7,13,15,17H,3-5,8-12H2,1-2H3. The number of hydrogen-bond acceptors (Lipinski definition) is 4. The van der Waals surface area contributed by atoms with E-state index in [0.717, 1.165) is 19.5 Å². The van der Waals surface area contributed by atoms with Gasteiger partial charge in [-0.1, -0.05) is 13.8 Å². The van der Waals surface area contributed by atoms with Crippen molar-refractivity contribution in [3.63, 3.8) is 0 Å². The zero-order valence-electron chi connectivity index (χ0n) is 12.8. The summed E-state index contributed by atoms with van der Waals surface area (Å²) in [7, 11) is 0. The number of pyridine rings is 1. The molecule has 0 amide bonds. The third-order valence-corrected chi connectivity index (χ3v) is 4.81. The molecule has 1 aromatic rings. The fraction of sp³-hybridized carbons (Fsp3) is 0.688. The minimum absolute atomic E-state index is 0.392. The van der Waals surface area contributed by atoms with E-state index in [4.69, 9.17) is 4.98 Å². The minimum atomic E-state index is 0.392. The summed E-state index contributed by atoms with van der Waals surface area (Å²) in [4.78, 5) is 7.17. The number of nitrogens with one attached hydrogen (secondary N) is 1. The van der Waals surface area contributed by atoms with Crippen molar-refractivity contribution >= 4 is 17.4 Å². The predicted octanol–water partition coefficient (Wildman–Crippen LogP) is 3.48. The molecule has 3 nitrogen and oxygen atoms in total. The SMILES string of the molecule is CCCNC(CC)c1ccc(N2CCCSCC2)cn1. The summed E-state index contributed by atoms with van der Waals surface area (Å²) >= 11 is 2.06. The molecule has 1 aliphatic heterocycles. The summed E-state index contributed by atoms with van der Waals surface area (Å²) in [6, 6.07) is 4.84. The van der Waals surface area contributed by atoms with Crippen LogP contribution < -0.4 is 10.2 Å². The fourth-order valence-corrected chi connectivity index (χ4v) is 3.46. The van der Waals surface area contributed by atoms with Crippen LogP contribution in [-0.2, 0) is 0 Å². The van der Waals surface area contributed by atoms with Gasteiger partial charge in [-0.2, -0.15) is 11.8 Å². The van der Waals surface area contributed by atoms with Crippen molar-refractivity contribution < 1.29 is 0 Å². The lowest BCUT2D eigenvalue weighted by atomic mass is 10.1. The maximum Gasteiger partial charge on any atom is 0.0574 e. The van der Waals surface area contributed by atoms with Crippen molar-refractivity contribution in [1.29, 1.82) is 0 Å². The first-order valence-corrected chi connectivity index (χ1v) is 9.02. The Hall–Kier alpha value is -0.740. The van der Waals surface area contributed by atoms with Crippen molar-refractivity contribution in [2.24, 2.45) is 0 Å². The zero-order chi connectivity index (χ0) is 14.2. The Balaban J connectivity index is 2.00. The highest BCUT2D eigenvalue weighted by atomic mass is 32.2. The number of rotatable bonds is 6. The molecule has 0 radical (unpaired) electrons. The molecule has 1 unspecified atom stereocenters. The van der Waals surface area contributed by atoms with Crippen LogP contribution in [0.4, 0.5) is 5.69 Å². The molecule has 0 saturated carbocycles. The van der Waals surface area contributed by atoms with Gasteiger partial charge in [0.1, 0.15) is 0 Å². The smallest absolute Gasteiger partial charge is 0.0574 e. The van der Waals surface area contributed by atoms with Gasteiger partial charge in [0, 0.05) is 24.9 Å². The van der Waals surface area contributed by atoms with Crippen LogP contribution in [0.3, 0.4) is 0 Å². The molecule has 2 rings (SSSR count). The third-order valence-electron chi connectivity index (χ3n) is 3.76. The maximum atomic E-state index is 4.70. The van der Waals surface area contributed by atoms with Crippen LogP contribution in [-0.4, -0.2) is 36.1 Å². The number of thioether (sulfide) groups is 1. The van der Waals surface area contributed by atoms with Gasteiger partial charge in [0.25, 0.3) is 0 Å². The topological polar surface area (TPSA) is 28.2 Å². The second-order valence-electron chi connectivity index (χ2n) is 5.31. The van der Waals surface area contributed by atoms with E-state index in [-0.39, 0.29) is 0 Å². The second-order valence-corrected chi connectivity index (χ2v) is 6.53. The van der Waals surface area contributed by atoms with Gasteiger partial charge in [-0.3, -0.25) is 4.98 Å². The number of aromatic nitrogens is 1. The molecule has 0 aliphatic carbocycles. The molecule has 112 valence electrons. The Kier molecular flexibility index (Phi) is 6.67. The lowest BCUT2D eigenvalue weighted by molar-refractivity contribution is 0.507. The van der Waals surface area contributed by atoms with Crippen molar-refractivity contribution in [2.75, 3.05) is 36.0 Å². The summed E-state index contributed by atoms with van der Waals surface area (Å²) in [5.41, 5.74) is 2.45. The normalized spacial score (nSPS) is 17.8. The number of nitrogens with zero attached hydrogens (tertiary/aromatic N) is 2. The average molecular weight is 293 g/mol. The van der Waals surface area contributed by atoms with Crippen molar-refractivity contribution in [2.45, 2.75) is 39.2 Å². The van der Waals surface area contributed by atoms with E-state index in [0.29, 0.717) is 6.04 Å². The van der Waals surface area contributed by atoms with Gasteiger partial charge in [-0.15, -0.1) is 0 Å². The Morgan fingerprint density at radius 2 is 2.20 bits per heavy atom. The summed E-state index contributed by atoms with van der Waals surface area (Å²) in [5, 5.41) is 3.56. The van der Waals surface area contributed by atoms with Crippen LogP contribution in [0.1, 0.15) is 44.8 Å². The van der Waals surface area contributed by atoms with E-state index in [2.05, 4.69) is 54.2 Å². The van der Waals surface area contributed by atoms with E-state index in [1.807, 2.05) is 0 Å². The van der Waals surface area contributed by atoms with E-state index in [1.54, 1.807) is 0 Å². The van der Waals surface area contributed by atoms with Crippen LogP contribution in [0.25, 0.3) is 0 Å². The summed E-state index contributed by atoms with van der Waals surface area (Å²) in [6.45, 7) is 7.80. The first kappa shape index (κ1) is 15.6.